The number of rotatable bonds is 2. The minimum absolute atomic E-state index is 0.00115. The van der Waals surface area contributed by atoms with Crippen LogP contribution >= 0.6 is 0 Å². The van der Waals surface area contributed by atoms with Crippen LogP contribution in [0, 0.1) is 5.92 Å². The van der Waals surface area contributed by atoms with Gasteiger partial charge in [0.2, 0.25) is 0 Å². The molecule has 0 atom stereocenters. The first-order valence-corrected chi connectivity index (χ1v) is 6.89. The highest BCUT2D eigenvalue weighted by molar-refractivity contribution is 6.36. The van der Waals surface area contributed by atoms with Crippen molar-refractivity contribution in [2.75, 3.05) is 5.32 Å². The van der Waals surface area contributed by atoms with Crippen LogP contribution in [0.5, 0.6) is 0 Å². The lowest BCUT2D eigenvalue weighted by Gasteiger charge is -2.15. The molecule has 2 nitrogen and oxygen atoms in total. The number of amides is 1. The molecule has 0 fully saturated rings. The van der Waals surface area contributed by atoms with Gasteiger partial charge in [0.05, 0.1) is 5.57 Å². The minimum atomic E-state index is -0.00115. The summed E-state index contributed by atoms with van der Waals surface area (Å²) in [6, 6.07) is 18.0. The van der Waals surface area contributed by atoms with Crippen molar-refractivity contribution >= 4 is 22.7 Å². The van der Waals surface area contributed by atoms with Gasteiger partial charge < -0.3 is 5.32 Å². The van der Waals surface area contributed by atoms with Gasteiger partial charge in [-0.05, 0) is 23.1 Å². The van der Waals surface area contributed by atoms with Crippen molar-refractivity contribution < 1.29 is 4.79 Å². The standard InChI is InChI=1S/C18H17NO/c1-12(2)16(13-8-4-3-5-9-13)17-14-10-6-7-11-15(14)19-18(17)20/h3-12H,1-2H3,(H,19,20)/b17-16-. The van der Waals surface area contributed by atoms with Gasteiger partial charge in [-0.2, -0.15) is 0 Å². The SMILES string of the molecule is CC(C)/C(=C1/C(=O)Nc2ccccc21)c1ccccc1. The molecule has 20 heavy (non-hydrogen) atoms. The Morgan fingerprint density at radius 3 is 2.30 bits per heavy atom. The average molecular weight is 263 g/mol. The summed E-state index contributed by atoms with van der Waals surface area (Å²) >= 11 is 0. The zero-order valence-electron chi connectivity index (χ0n) is 11.7. The molecule has 0 aromatic heterocycles. The van der Waals surface area contributed by atoms with Crippen LogP contribution in [0.2, 0.25) is 0 Å². The summed E-state index contributed by atoms with van der Waals surface area (Å²) < 4.78 is 0. The van der Waals surface area contributed by atoms with Crippen molar-refractivity contribution in [2.45, 2.75) is 13.8 Å². The Kier molecular flexibility index (Phi) is 3.15. The van der Waals surface area contributed by atoms with Gasteiger partial charge in [-0.1, -0.05) is 62.4 Å². The van der Waals surface area contributed by atoms with Crippen molar-refractivity contribution in [1.29, 1.82) is 0 Å². The molecule has 0 spiro atoms. The number of allylic oxidation sites excluding steroid dienone is 1. The van der Waals surface area contributed by atoms with E-state index < -0.39 is 0 Å². The zero-order chi connectivity index (χ0) is 14.1. The van der Waals surface area contributed by atoms with Crippen LogP contribution in [0.1, 0.15) is 25.0 Å². The Bertz CT molecular complexity index is 684. The van der Waals surface area contributed by atoms with Crippen molar-refractivity contribution in [2.24, 2.45) is 5.92 Å². The number of hydrogen-bond donors (Lipinski definition) is 1. The van der Waals surface area contributed by atoms with Gasteiger partial charge in [0.1, 0.15) is 0 Å². The van der Waals surface area contributed by atoms with Gasteiger partial charge in [0, 0.05) is 11.3 Å². The van der Waals surface area contributed by atoms with Crippen molar-refractivity contribution in [1.82, 2.24) is 0 Å². The lowest BCUT2D eigenvalue weighted by atomic mass is 9.88. The van der Waals surface area contributed by atoms with E-state index >= 15 is 0 Å². The fraction of sp³-hybridized carbons (Fsp3) is 0.167. The third-order valence-electron chi connectivity index (χ3n) is 3.60. The molecule has 0 saturated heterocycles. The second kappa shape index (κ2) is 4.97. The van der Waals surface area contributed by atoms with Crippen LogP contribution in [-0.4, -0.2) is 5.91 Å². The van der Waals surface area contributed by atoms with E-state index in [1.807, 2.05) is 42.5 Å². The largest absolute Gasteiger partial charge is 0.321 e. The summed E-state index contributed by atoms with van der Waals surface area (Å²) in [5.74, 6) is 0.281. The van der Waals surface area contributed by atoms with Gasteiger partial charge in [-0.15, -0.1) is 0 Å². The maximum Gasteiger partial charge on any atom is 0.256 e. The first-order chi connectivity index (χ1) is 9.68. The first kappa shape index (κ1) is 12.7. The number of carbonyl (C=O) groups is 1. The fourth-order valence-electron chi connectivity index (χ4n) is 2.77. The highest BCUT2D eigenvalue weighted by atomic mass is 16.2. The Balaban J connectivity index is 2.27. The molecule has 0 radical (unpaired) electrons. The third-order valence-corrected chi connectivity index (χ3v) is 3.60. The predicted octanol–water partition coefficient (Wildman–Crippen LogP) is 4.21. The van der Waals surface area contributed by atoms with Gasteiger partial charge in [0.15, 0.2) is 0 Å². The van der Waals surface area contributed by atoms with Gasteiger partial charge in [-0.3, -0.25) is 4.79 Å². The molecule has 0 aliphatic carbocycles. The maximum atomic E-state index is 12.4. The molecule has 2 aromatic carbocycles. The maximum absolute atomic E-state index is 12.4. The molecule has 0 saturated carbocycles. The fourth-order valence-corrected chi connectivity index (χ4v) is 2.77. The Hall–Kier alpha value is -2.35. The number of nitrogens with one attached hydrogen (secondary N) is 1. The van der Waals surface area contributed by atoms with E-state index in [4.69, 9.17) is 0 Å². The Morgan fingerprint density at radius 2 is 1.60 bits per heavy atom. The van der Waals surface area contributed by atoms with E-state index in [9.17, 15) is 4.79 Å². The molecule has 0 unspecified atom stereocenters. The van der Waals surface area contributed by atoms with Crippen LogP contribution in [0.25, 0.3) is 11.1 Å². The number of hydrogen-bond acceptors (Lipinski definition) is 1. The van der Waals surface area contributed by atoms with E-state index in [0.717, 1.165) is 28.0 Å². The van der Waals surface area contributed by atoms with Crippen molar-refractivity contribution in [3.05, 3.63) is 65.7 Å². The third kappa shape index (κ3) is 2.03. The Labute approximate surface area is 119 Å². The number of para-hydroxylation sites is 1. The molecular weight excluding hydrogens is 246 g/mol. The Morgan fingerprint density at radius 1 is 0.950 bits per heavy atom. The molecule has 100 valence electrons. The molecule has 1 aliphatic rings. The molecule has 2 heteroatoms. The minimum Gasteiger partial charge on any atom is -0.321 e. The molecule has 3 rings (SSSR count). The topological polar surface area (TPSA) is 29.1 Å². The highest BCUT2D eigenvalue weighted by Gasteiger charge is 2.28. The van der Waals surface area contributed by atoms with Crippen LogP contribution < -0.4 is 5.32 Å². The molecule has 1 amide bonds. The van der Waals surface area contributed by atoms with Gasteiger partial charge >= 0.3 is 0 Å². The predicted molar refractivity (Wildman–Crippen MR) is 83.2 cm³/mol. The molecule has 0 bridgehead atoms. The first-order valence-electron chi connectivity index (χ1n) is 6.89. The van der Waals surface area contributed by atoms with Crippen LogP contribution in [0.3, 0.4) is 0 Å². The summed E-state index contributed by atoms with van der Waals surface area (Å²) in [4.78, 5) is 12.4. The normalized spacial score (nSPS) is 16.1. The van der Waals surface area contributed by atoms with Crippen molar-refractivity contribution in [3.63, 3.8) is 0 Å². The van der Waals surface area contributed by atoms with E-state index in [1.54, 1.807) is 0 Å². The average Bonchev–Trinajstić information content (AvgIpc) is 2.77. The lowest BCUT2D eigenvalue weighted by Crippen LogP contribution is -2.08. The number of benzene rings is 2. The van der Waals surface area contributed by atoms with Gasteiger partial charge in [-0.25, -0.2) is 0 Å². The summed E-state index contributed by atoms with van der Waals surface area (Å²) in [7, 11) is 0. The second-order valence-corrected chi connectivity index (χ2v) is 5.31. The smallest absolute Gasteiger partial charge is 0.256 e. The molecular formula is C18H17NO. The summed E-state index contributed by atoms with van der Waals surface area (Å²) in [5.41, 5.74) is 4.94. The van der Waals surface area contributed by atoms with Crippen LogP contribution in [0.4, 0.5) is 5.69 Å². The van der Waals surface area contributed by atoms with E-state index in [0.29, 0.717) is 0 Å². The summed E-state index contributed by atoms with van der Waals surface area (Å²) in [5, 5.41) is 2.96. The summed E-state index contributed by atoms with van der Waals surface area (Å²) in [6.45, 7) is 4.26. The highest BCUT2D eigenvalue weighted by Crippen LogP contribution is 2.39. The monoisotopic (exact) mass is 263 g/mol. The molecule has 1 aliphatic heterocycles. The van der Waals surface area contributed by atoms with E-state index in [-0.39, 0.29) is 11.8 Å². The number of anilines is 1. The van der Waals surface area contributed by atoms with E-state index in [1.165, 1.54) is 0 Å². The second-order valence-electron chi connectivity index (χ2n) is 5.31. The van der Waals surface area contributed by atoms with Crippen LogP contribution in [0.15, 0.2) is 54.6 Å². The lowest BCUT2D eigenvalue weighted by molar-refractivity contribution is -0.110. The number of fused-ring (bicyclic) bond motifs is 1. The molecule has 1 N–H and O–H groups in total. The zero-order valence-corrected chi connectivity index (χ0v) is 11.7. The van der Waals surface area contributed by atoms with Gasteiger partial charge in [0.25, 0.3) is 5.91 Å². The van der Waals surface area contributed by atoms with E-state index in [2.05, 4.69) is 31.3 Å². The van der Waals surface area contributed by atoms with Crippen molar-refractivity contribution in [3.8, 4) is 0 Å². The quantitative estimate of drug-likeness (QED) is 0.808. The molecule has 1 heterocycles. The summed E-state index contributed by atoms with van der Waals surface area (Å²) in [6.07, 6.45) is 0. The van der Waals surface area contributed by atoms with Crippen LogP contribution in [-0.2, 0) is 4.79 Å². The molecule has 2 aromatic rings. The number of carbonyl (C=O) groups excluding carboxylic acids is 1.